The Hall–Kier alpha value is -2.76. The summed E-state index contributed by atoms with van der Waals surface area (Å²) in [6.45, 7) is 6.60. The van der Waals surface area contributed by atoms with E-state index in [1.807, 2.05) is 12.1 Å². The first-order valence-corrected chi connectivity index (χ1v) is 11.1. The van der Waals surface area contributed by atoms with E-state index in [4.69, 9.17) is 4.74 Å². The second-order valence-electron chi connectivity index (χ2n) is 7.19. The van der Waals surface area contributed by atoms with Gasteiger partial charge in [0, 0.05) is 37.9 Å². The zero-order valence-electron chi connectivity index (χ0n) is 16.9. The molecule has 0 aliphatic carbocycles. The van der Waals surface area contributed by atoms with Gasteiger partial charge in [-0.15, -0.1) is 0 Å². The number of pyridine rings is 1. The first kappa shape index (κ1) is 21.9. The van der Waals surface area contributed by atoms with E-state index in [1.165, 1.54) is 12.1 Å². The monoisotopic (exact) mass is 435 g/mol. The molecule has 0 radical (unpaired) electrons. The number of hydrogen-bond donors (Lipinski definition) is 2. The van der Waals surface area contributed by atoms with Crippen molar-refractivity contribution in [2.75, 3.05) is 36.5 Å². The molecular weight excluding hydrogens is 410 g/mol. The summed E-state index contributed by atoms with van der Waals surface area (Å²) in [5.74, 6) is 0.861. The van der Waals surface area contributed by atoms with E-state index in [2.05, 4.69) is 19.9 Å². The Morgan fingerprint density at radius 2 is 1.97 bits per heavy atom. The van der Waals surface area contributed by atoms with Crippen LogP contribution in [0.25, 0.3) is 0 Å². The van der Waals surface area contributed by atoms with Gasteiger partial charge in [-0.1, -0.05) is 6.07 Å². The van der Waals surface area contributed by atoms with Crippen molar-refractivity contribution in [1.82, 2.24) is 9.71 Å². The highest BCUT2D eigenvalue weighted by Gasteiger charge is 2.22. The molecule has 30 heavy (non-hydrogen) atoms. The van der Waals surface area contributed by atoms with Crippen molar-refractivity contribution in [3.05, 3.63) is 52.2 Å². The molecule has 1 aliphatic rings. The normalized spacial score (nSPS) is 14.7. The van der Waals surface area contributed by atoms with Crippen LogP contribution < -0.4 is 14.9 Å². The summed E-state index contributed by atoms with van der Waals surface area (Å²) >= 11 is 0. The van der Waals surface area contributed by atoms with Gasteiger partial charge >= 0.3 is 0 Å². The average molecular weight is 436 g/mol. The number of anilines is 2. The second kappa shape index (κ2) is 9.37. The summed E-state index contributed by atoms with van der Waals surface area (Å²) in [5, 5.41) is 14.5. The van der Waals surface area contributed by atoms with Gasteiger partial charge in [-0.2, -0.15) is 0 Å². The number of nitro groups is 1. The molecule has 1 aromatic carbocycles. The third kappa shape index (κ3) is 5.43. The lowest BCUT2D eigenvalue weighted by molar-refractivity contribution is -0.384. The molecule has 0 spiro atoms. The van der Waals surface area contributed by atoms with Gasteiger partial charge in [0.1, 0.15) is 11.5 Å². The van der Waals surface area contributed by atoms with Crippen LogP contribution in [0.15, 0.2) is 41.4 Å². The van der Waals surface area contributed by atoms with E-state index in [0.29, 0.717) is 19.8 Å². The van der Waals surface area contributed by atoms with Crippen molar-refractivity contribution >= 4 is 27.2 Å². The minimum Gasteiger partial charge on any atom is -0.378 e. The van der Waals surface area contributed by atoms with E-state index in [1.54, 1.807) is 20.0 Å². The predicted molar refractivity (Wildman–Crippen MR) is 113 cm³/mol. The first-order valence-electron chi connectivity index (χ1n) is 9.58. The smallest absolute Gasteiger partial charge is 0.293 e. The molecule has 11 heteroatoms. The summed E-state index contributed by atoms with van der Waals surface area (Å²) in [6.07, 6.45) is 1.72. The second-order valence-corrected chi connectivity index (χ2v) is 8.90. The molecule has 1 aromatic heterocycles. The topological polar surface area (TPSA) is 127 Å². The van der Waals surface area contributed by atoms with E-state index >= 15 is 0 Å². The van der Waals surface area contributed by atoms with Gasteiger partial charge in [-0.05, 0) is 37.6 Å². The van der Waals surface area contributed by atoms with Gasteiger partial charge in [0.2, 0.25) is 10.0 Å². The molecule has 2 heterocycles. The summed E-state index contributed by atoms with van der Waals surface area (Å²) in [7, 11) is -3.82. The maximum Gasteiger partial charge on any atom is 0.293 e. The molecule has 2 N–H and O–H groups in total. The van der Waals surface area contributed by atoms with E-state index in [-0.39, 0.29) is 22.3 Å². The van der Waals surface area contributed by atoms with Gasteiger partial charge < -0.3 is 15.0 Å². The lowest BCUT2D eigenvalue weighted by Gasteiger charge is -2.27. The fraction of sp³-hybridized carbons (Fsp3) is 0.421. The van der Waals surface area contributed by atoms with Crippen molar-refractivity contribution in [3.63, 3.8) is 0 Å². The zero-order valence-corrected chi connectivity index (χ0v) is 17.7. The summed E-state index contributed by atoms with van der Waals surface area (Å²) in [4.78, 5) is 17.3. The van der Waals surface area contributed by atoms with Crippen LogP contribution in [-0.2, 0) is 21.3 Å². The minimum atomic E-state index is -3.82. The molecular formula is C19H25N5O5S. The number of ether oxygens (including phenoxy) is 1. The third-order valence-corrected chi connectivity index (χ3v) is 6.15. The van der Waals surface area contributed by atoms with Gasteiger partial charge in [0.15, 0.2) is 0 Å². The molecule has 1 fully saturated rings. The summed E-state index contributed by atoms with van der Waals surface area (Å²) < 4.78 is 32.3. The molecule has 162 valence electrons. The number of nitro benzene ring substituents is 1. The summed E-state index contributed by atoms with van der Waals surface area (Å²) in [5.41, 5.74) is 0.778. The standard InChI is InChI=1S/C19H25N5O5S/c1-14(2)22-30(27,28)16-4-5-17(18(11-16)24(25)26)20-12-15-3-6-19(21-13-15)23-7-9-29-10-8-23/h3-6,11,13-14,20,22H,7-10,12H2,1-2H3. The Balaban J connectivity index is 1.72. The van der Waals surface area contributed by atoms with Crippen molar-refractivity contribution < 1.29 is 18.1 Å². The molecule has 0 saturated carbocycles. The van der Waals surface area contributed by atoms with E-state index in [9.17, 15) is 18.5 Å². The van der Waals surface area contributed by atoms with Crippen LogP contribution in [0.4, 0.5) is 17.2 Å². The van der Waals surface area contributed by atoms with Gasteiger partial charge in [-0.3, -0.25) is 10.1 Å². The van der Waals surface area contributed by atoms with Gasteiger partial charge in [0.05, 0.1) is 23.0 Å². The van der Waals surface area contributed by atoms with Gasteiger partial charge in [-0.25, -0.2) is 18.1 Å². The fourth-order valence-electron chi connectivity index (χ4n) is 3.06. The zero-order chi connectivity index (χ0) is 21.7. The Kier molecular flexibility index (Phi) is 6.85. The molecule has 1 saturated heterocycles. The molecule has 1 aliphatic heterocycles. The lowest BCUT2D eigenvalue weighted by Crippen LogP contribution is -2.36. The van der Waals surface area contributed by atoms with E-state index < -0.39 is 14.9 Å². The summed E-state index contributed by atoms with van der Waals surface area (Å²) in [6, 6.07) is 7.31. The third-order valence-electron chi connectivity index (χ3n) is 4.49. The Bertz CT molecular complexity index is 989. The Morgan fingerprint density at radius 3 is 2.57 bits per heavy atom. The number of benzene rings is 1. The van der Waals surface area contributed by atoms with Crippen LogP contribution in [0.5, 0.6) is 0 Å². The van der Waals surface area contributed by atoms with Crippen LogP contribution in [0.2, 0.25) is 0 Å². The largest absolute Gasteiger partial charge is 0.378 e. The first-order chi connectivity index (χ1) is 14.3. The van der Waals surface area contributed by atoms with Gasteiger partial charge in [0.25, 0.3) is 5.69 Å². The Labute approximate surface area is 175 Å². The van der Waals surface area contributed by atoms with Crippen LogP contribution >= 0.6 is 0 Å². The molecule has 0 atom stereocenters. The van der Waals surface area contributed by atoms with Crippen LogP contribution in [0.1, 0.15) is 19.4 Å². The maximum atomic E-state index is 12.3. The number of sulfonamides is 1. The highest BCUT2D eigenvalue weighted by atomic mass is 32.2. The SMILES string of the molecule is CC(C)NS(=O)(=O)c1ccc(NCc2ccc(N3CCOCC3)nc2)c([N+](=O)[O-])c1. The molecule has 0 amide bonds. The maximum absolute atomic E-state index is 12.3. The van der Waals surface area contributed by atoms with Crippen molar-refractivity contribution in [2.45, 2.75) is 31.3 Å². The van der Waals surface area contributed by atoms with Crippen LogP contribution in [0.3, 0.4) is 0 Å². The molecule has 2 aromatic rings. The van der Waals surface area contributed by atoms with Crippen LogP contribution in [0, 0.1) is 10.1 Å². The van der Waals surface area contributed by atoms with Crippen molar-refractivity contribution in [3.8, 4) is 0 Å². The Morgan fingerprint density at radius 1 is 1.23 bits per heavy atom. The fourth-order valence-corrected chi connectivity index (χ4v) is 4.33. The number of nitrogens with one attached hydrogen (secondary N) is 2. The average Bonchev–Trinajstić information content (AvgIpc) is 2.72. The number of aromatic nitrogens is 1. The number of hydrogen-bond acceptors (Lipinski definition) is 8. The lowest BCUT2D eigenvalue weighted by atomic mass is 10.2. The van der Waals surface area contributed by atoms with Crippen LogP contribution in [-0.4, -0.2) is 50.7 Å². The predicted octanol–water partition coefficient (Wildman–Crippen LogP) is 2.13. The molecule has 0 unspecified atom stereocenters. The quantitative estimate of drug-likeness (QED) is 0.477. The number of rotatable bonds is 8. The highest BCUT2D eigenvalue weighted by Crippen LogP contribution is 2.28. The number of morpholine rings is 1. The highest BCUT2D eigenvalue weighted by molar-refractivity contribution is 7.89. The molecule has 3 rings (SSSR count). The molecule has 10 nitrogen and oxygen atoms in total. The van der Waals surface area contributed by atoms with Crippen molar-refractivity contribution in [1.29, 1.82) is 0 Å². The minimum absolute atomic E-state index is 0.148. The van der Waals surface area contributed by atoms with E-state index in [0.717, 1.165) is 30.5 Å². The molecule has 0 bridgehead atoms. The number of nitrogens with zero attached hydrogens (tertiary/aromatic N) is 3. The van der Waals surface area contributed by atoms with Crippen molar-refractivity contribution in [2.24, 2.45) is 0 Å².